The van der Waals surface area contributed by atoms with E-state index in [0.717, 1.165) is 6.07 Å². The Balaban J connectivity index is 1.83. The molecule has 0 N–H and O–H groups in total. The summed E-state index contributed by atoms with van der Waals surface area (Å²) in [6.07, 6.45) is 0. The normalized spacial score (nSPS) is 13.9. The summed E-state index contributed by atoms with van der Waals surface area (Å²) in [6.45, 7) is 23.5. The van der Waals surface area contributed by atoms with Crippen LogP contribution in [0.3, 0.4) is 0 Å². The van der Waals surface area contributed by atoms with Gasteiger partial charge in [-0.3, -0.25) is 0 Å². The molecule has 2 aliphatic carbocycles. The Hall–Kier alpha value is -9.58. The predicted molar refractivity (Wildman–Crippen MR) is 204 cm³/mol. The summed E-state index contributed by atoms with van der Waals surface area (Å²) in [5.41, 5.74) is -17.3. The first kappa shape index (κ1) is 40.6. The lowest BCUT2D eigenvalue weighted by atomic mass is 9.82. The van der Waals surface area contributed by atoms with E-state index < -0.39 is 147 Å². The molecular formula is C46H10F8N8. The standard InChI is InChI=1S/C46H10F8N8/c1-60-44-27(20-12-8-5-9-13-20)29(24(17-58)33-38(49)42(53)46(62-3)43(54)39(33)50)31-22(15-56)28-21(14-55)26(19-10-6-4-7-11-19)34(30(28)23(16-57)32(31)44)45(61-2)35-40(51)36(47)25(18-59)37(48)41(35)52/h4-13H/b29-24+,45-34-. The second-order valence-corrected chi connectivity index (χ2v) is 12.8. The summed E-state index contributed by atoms with van der Waals surface area (Å²) in [5, 5.41) is 52.9. The van der Waals surface area contributed by atoms with Crippen LogP contribution in [0.5, 0.6) is 0 Å². The van der Waals surface area contributed by atoms with Crippen LogP contribution in [0.15, 0.2) is 60.7 Å². The van der Waals surface area contributed by atoms with Crippen LogP contribution in [-0.4, -0.2) is 0 Å². The van der Waals surface area contributed by atoms with Crippen molar-refractivity contribution in [3.05, 3.63) is 203 Å². The van der Waals surface area contributed by atoms with Gasteiger partial charge in [0.25, 0.3) is 5.69 Å². The molecule has 0 aliphatic heterocycles. The van der Waals surface area contributed by atoms with E-state index in [9.17, 15) is 26.3 Å². The summed E-state index contributed by atoms with van der Waals surface area (Å²) in [5.74, 6) is -17.8. The summed E-state index contributed by atoms with van der Waals surface area (Å²) < 4.78 is 125. The maximum absolute atomic E-state index is 16.0. The Morgan fingerprint density at radius 1 is 0.468 bits per heavy atom. The topological polar surface area (TPSA) is 132 Å². The second kappa shape index (κ2) is 15.3. The minimum Gasteiger partial charge on any atom is -0.237 e. The lowest BCUT2D eigenvalue weighted by Gasteiger charge is -2.19. The number of hydrogen-bond donors (Lipinski definition) is 0. The van der Waals surface area contributed by atoms with Crippen molar-refractivity contribution in [3.63, 3.8) is 0 Å². The maximum atomic E-state index is 16.0. The predicted octanol–water partition coefficient (Wildman–Crippen LogP) is 11.4. The molecule has 0 bridgehead atoms. The second-order valence-electron chi connectivity index (χ2n) is 12.8. The molecule has 5 aromatic rings. The Kier molecular flexibility index (Phi) is 10.0. The minimum atomic E-state index is -2.23. The van der Waals surface area contributed by atoms with Gasteiger partial charge in [-0.1, -0.05) is 60.7 Å². The third-order valence-corrected chi connectivity index (χ3v) is 9.97. The van der Waals surface area contributed by atoms with Crippen molar-refractivity contribution >= 4 is 50.5 Å². The molecule has 0 heterocycles. The first-order valence-corrected chi connectivity index (χ1v) is 17.0. The number of hydrogen-bond acceptors (Lipinski definition) is 5. The average molecular weight is 827 g/mol. The van der Waals surface area contributed by atoms with E-state index in [1.54, 1.807) is 12.1 Å². The monoisotopic (exact) mass is 826 g/mol. The largest absolute Gasteiger partial charge is 0.262 e. The fourth-order valence-corrected chi connectivity index (χ4v) is 7.54. The molecule has 16 heteroatoms. The molecule has 0 aromatic heterocycles. The van der Waals surface area contributed by atoms with Crippen molar-refractivity contribution in [2.75, 3.05) is 0 Å². The van der Waals surface area contributed by atoms with E-state index in [4.69, 9.17) is 19.7 Å². The molecule has 8 nitrogen and oxygen atoms in total. The summed E-state index contributed by atoms with van der Waals surface area (Å²) in [4.78, 5) is 9.24. The third-order valence-electron chi connectivity index (χ3n) is 9.97. The summed E-state index contributed by atoms with van der Waals surface area (Å²) >= 11 is 0. The average Bonchev–Trinajstić information content (AvgIpc) is 3.81. The highest BCUT2D eigenvalue weighted by molar-refractivity contribution is 6.35. The van der Waals surface area contributed by atoms with Crippen molar-refractivity contribution in [3.8, 4) is 30.3 Å². The third kappa shape index (κ3) is 5.44. The minimum absolute atomic E-state index is 0.0451. The Morgan fingerprint density at radius 2 is 0.935 bits per heavy atom. The Bertz CT molecular complexity index is 3170. The van der Waals surface area contributed by atoms with E-state index in [-0.39, 0.29) is 11.1 Å². The lowest BCUT2D eigenvalue weighted by molar-refractivity contribution is 0.447. The number of rotatable bonds is 4. The van der Waals surface area contributed by atoms with Crippen LogP contribution >= 0.6 is 0 Å². The SMILES string of the molecule is [C-]#[N+]C1=C(c2ccccc2)/C(=C(/C#N)c2c(F)c(F)c([N+]#[C-])c(F)c2F)c2c(C#N)c3c(c(C#N)c21)/C(=C(\[N+]#[C-])c1c(F)c(F)c(C#N)c(F)c1F)C(c1ccccc1)=C3C#N. The molecule has 62 heavy (non-hydrogen) atoms. The van der Waals surface area contributed by atoms with Gasteiger partial charge in [0.2, 0.25) is 11.4 Å². The van der Waals surface area contributed by atoms with Gasteiger partial charge in [-0.2, -0.15) is 26.3 Å². The van der Waals surface area contributed by atoms with Gasteiger partial charge in [0.05, 0.1) is 59.2 Å². The van der Waals surface area contributed by atoms with E-state index in [1.165, 1.54) is 66.7 Å². The van der Waals surface area contributed by atoms with E-state index in [2.05, 4.69) is 14.5 Å². The number of benzene rings is 5. The van der Waals surface area contributed by atoms with Gasteiger partial charge in [0, 0.05) is 11.1 Å². The molecule has 0 atom stereocenters. The van der Waals surface area contributed by atoms with Crippen molar-refractivity contribution in [2.24, 2.45) is 0 Å². The number of nitriles is 5. The molecule has 5 aromatic carbocycles. The van der Waals surface area contributed by atoms with Crippen molar-refractivity contribution < 1.29 is 35.1 Å². The first-order valence-electron chi connectivity index (χ1n) is 17.0. The zero-order chi connectivity index (χ0) is 44.9. The van der Waals surface area contributed by atoms with Crippen LogP contribution in [-0.2, 0) is 0 Å². The fourth-order valence-electron chi connectivity index (χ4n) is 7.54. The van der Waals surface area contributed by atoms with E-state index >= 15 is 35.1 Å². The van der Waals surface area contributed by atoms with Crippen LogP contribution in [0.4, 0.5) is 40.8 Å². The molecule has 7 rings (SSSR count). The molecular weight excluding hydrogens is 817 g/mol. The maximum Gasteiger partial charge on any atom is 0.262 e. The van der Waals surface area contributed by atoms with Crippen LogP contribution < -0.4 is 0 Å². The highest BCUT2D eigenvalue weighted by Gasteiger charge is 2.45. The number of allylic oxidation sites excluding steroid dienone is 6. The lowest BCUT2D eigenvalue weighted by Crippen LogP contribution is -2.08. The quantitative estimate of drug-likeness (QED) is 0.0770. The molecule has 0 radical (unpaired) electrons. The van der Waals surface area contributed by atoms with E-state index in [1.807, 2.05) is 6.07 Å². The Labute approximate surface area is 344 Å². The van der Waals surface area contributed by atoms with Crippen molar-refractivity contribution in [2.45, 2.75) is 0 Å². The van der Waals surface area contributed by atoms with Gasteiger partial charge in [-0.05, 0) is 44.5 Å². The highest BCUT2D eigenvalue weighted by Crippen LogP contribution is 2.60. The number of nitrogens with zero attached hydrogens (tertiary/aromatic N) is 8. The van der Waals surface area contributed by atoms with Gasteiger partial charge < -0.3 is 0 Å². The van der Waals surface area contributed by atoms with Gasteiger partial charge >= 0.3 is 0 Å². The summed E-state index contributed by atoms with van der Waals surface area (Å²) in [7, 11) is 0. The smallest absolute Gasteiger partial charge is 0.237 e. The molecule has 0 amide bonds. The summed E-state index contributed by atoms with van der Waals surface area (Å²) in [6, 6.07) is 21.7. The van der Waals surface area contributed by atoms with Crippen LogP contribution in [0.25, 0.3) is 59.4 Å². The first-order chi connectivity index (χ1) is 29.8. The Morgan fingerprint density at radius 3 is 1.37 bits per heavy atom. The number of fused-ring (bicyclic) bond motifs is 2. The fraction of sp³-hybridized carbons (Fsp3) is 0. The highest BCUT2D eigenvalue weighted by atomic mass is 19.2. The van der Waals surface area contributed by atoms with Gasteiger partial charge in [-0.15, -0.1) is 0 Å². The molecule has 290 valence electrons. The van der Waals surface area contributed by atoms with Crippen LogP contribution in [0.2, 0.25) is 0 Å². The number of halogens is 8. The van der Waals surface area contributed by atoms with Gasteiger partial charge in [0.15, 0.2) is 46.5 Å². The molecule has 0 saturated heterocycles. The van der Waals surface area contributed by atoms with Crippen LogP contribution in [0, 0.1) is 123 Å². The van der Waals surface area contributed by atoms with Crippen molar-refractivity contribution in [1.29, 1.82) is 26.3 Å². The molecule has 0 saturated carbocycles. The van der Waals surface area contributed by atoms with Gasteiger partial charge in [0.1, 0.15) is 29.8 Å². The molecule has 0 spiro atoms. The van der Waals surface area contributed by atoms with Crippen molar-refractivity contribution in [1.82, 2.24) is 0 Å². The van der Waals surface area contributed by atoms with Crippen LogP contribution in [0.1, 0.15) is 61.2 Å². The molecule has 2 aliphatic rings. The zero-order valence-corrected chi connectivity index (χ0v) is 30.4. The zero-order valence-electron chi connectivity index (χ0n) is 30.4. The van der Waals surface area contributed by atoms with E-state index in [0.29, 0.717) is 0 Å². The van der Waals surface area contributed by atoms with Gasteiger partial charge in [-0.25, -0.2) is 49.7 Å². The molecule has 0 unspecified atom stereocenters. The molecule has 0 fully saturated rings.